The van der Waals surface area contributed by atoms with Crippen LogP contribution in [-0.4, -0.2) is 9.38 Å². The molecule has 3 nitrogen and oxygen atoms in total. The minimum absolute atomic E-state index is 0.0915. The van der Waals surface area contributed by atoms with Crippen molar-refractivity contribution in [3.8, 4) is 0 Å². The normalized spacial score (nSPS) is 20.1. The second-order valence-corrected chi connectivity index (χ2v) is 4.25. The van der Waals surface area contributed by atoms with Crippen molar-refractivity contribution in [3.63, 3.8) is 0 Å². The van der Waals surface area contributed by atoms with Crippen molar-refractivity contribution in [2.75, 3.05) is 0 Å². The molecule has 2 N–H and O–H groups in total. The van der Waals surface area contributed by atoms with Crippen molar-refractivity contribution >= 4 is 16.3 Å². The van der Waals surface area contributed by atoms with Gasteiger partial charge < -0.3 is 5.73 Å². The fourth-order valence-electron chi connectivity index (χ4n) is 1.36. The number of hydrogen-bond donors (Lipinski definition) is 1. The molecule has 0 radical (unpaired) electrons. The number of imidazole rings is 1. The molecule has 0 spiro atoms. The molecule has 3 rings (SSSR count). The van der Waals surface area contributed by atoms with Gasteiger partial charge in [-0.05, 0) is 12.8 Å². The number of nitrogens with zero attached hydrogens (tertiary/aromatic N) is 2. The lowest BCUT2D eigenvalue weighted by Crippen LogP contribution is -2.18. The first-order chi connectivity index (χ1) is 5.78. The first kappa shape index (κ1) is 6.62. The van der Waals surface area contributed by atoms with Gasteiger partial charge in [0.15, 0.2) is 4.96 Å². The number of rotatable bonds is 1. The lowest BCUT2D eigenvalue weighted by Gasteiger charge is -2.00. The smallest absolute Gasteiger partial charge is 0.193 e. The van der Waals surface area contributed by atoms with Gasteiger partial charge in [0.1, 0.15) is 0 Å². The number of aromatic nitrogens is 2. The average molecular weight is 179 g/mol. The zero-order valence-corrected chi connectivity index (χ0v) is 7.34. The molecule has 4 heteroatoms. The third kappa shape index (κ3) is 0.763. The summed E-state index contributed by atoms with van der Waals surface area (Å²) in [7, 11) is 0. The molecule has 0 saturated heterocycles. The van der Waals surface area contributed by atoms with Gasteiger partial charge in [-0.2, -0.15) is 0 Å². The first-order valence-corrected chi connectivity index (χ1v) is 4.87. The molecule has 62 valence electrons. The van der Waals surface area contributed by atoms with E-state index in [0.29, 0.717) is 0 Å². The van der Waals surface area contributed by atoms with Crippen molar-refractivity contribution in [1.82, 2.24) is 9.38 Å². The summed E-state index contributed by atoms with van der Waals surface area (Å²) in [5.41, 5.74) is 6.98. The van der Waals surface area contributed by atoms with Crippen LogP contribution in [0.15, 0.2) is 17.8 Å². The van der Waals surface area contributed by atoms with E-state index in [1.807, 2.05) is 22.2 Å². The molecule has 0 unspecified atom stereocenters. The fraction of sp³-hybridized carbons (Fsp3) is 0.375. The largest absolute Gasteiger partial charge is 0.320 e. The molecule has 1 aliphatic rings. The van der Waals surface area contributed by atoms with E-state index in [-0.39, 0.29) is 5.54 Å². The van der Waals surface area contributed by atoms with Crippen LogP contribution in [0, 0.1) is 0 Å². The van der Waals surface area contributed by atoms with Gasteiger partial charge in [-0.25, -0.2) is 4.98 Å². The van der Waals surface area contributed by atoms with Crippen LogP contribution < -0.4 is 5.73 Å². The third-order valence-electron chi connectivity index (χ3n) is 2.39. The molecular formula is C8H9N3S. The number of nitrogens with two attached hydrogens (primary N) is 1. The first-order valence-electron chi connectivity index (χ1n) is 3.99. The van der Waals surface area contributed by atoms with Crippen LogP contribution in [-0.2, 0) is 5.54 Å². The lowest BCUT2D eigenvalue weighted by atomic mass is 10.2. The predicted molar refractivity (Wildman–Crippen MR) is 48.2 cm³/mol. The number of hydrogen-bond acceptors (Lipinski definition) is 3. The molecule has 0 amide bonds. The van der Waals surface area contributed by atoms with E-state index in [1.54, 1.807) is 11.3 Å². The highest BCUT2D eigenvalue weighted by Crippen LogP contribution is 2.42. The Hall–Kier alpha value is -0.870. The molecule has 0 atom stereocenters. The van der Waals surface area contributed by atoms with Crippen LogP contribution in [0.4, 0.5) is 0 Å². The summed E-state index contributed by atoms with van der Waals surface area (Å²) in [5, 5.41) is 2.03. The van der Waals surface area contributed by atoms with E-state index in [4.69, 9.17) is 5.73 Å². The lowest BCUT2D eigenvalue weighted by molar-refractivity contribution is 0.715. The fourth-order valence-corrected chi connectivity index (χ4v) is 2.06. The molecule has 0 aliphatic heterocycles. The molecule has 0 aromatic carbocycles. The summed E-state index contributed by atoms with van der Waals surface area (Å²) in [6.45, 7) is 0. The molecule has 12 heavy (non-hydrogen) atoms. The zero-order valence-electron chi connectivity index (χ0n) is 6.53. The summed E-state index contributed by atoms with van der Waals surface area (Å²) in [6.07, 6.45) is 6.22. The van der Waals surface area contributed by atoms with Crippen molar-refractivity contribution < 1.29 is 0 Å². The van der Waals surface area contributed by atoms with E-state index in [2.05, 4.69) is 4.98 Å². The Morgan fingerprint density at radius 3 is 3.08 bits per heavy atom. The molecule has 2 heterocycles. The maximum Gasteiger partial charge on any atom is 0.193 e. The van der Waals surface area contributed by atoms with E-state index >= 15 is 0 Å². The Labute approximate surface area is 73.8 Å². The Bertz CT molecular complexity index is 396. The molecule has 2 aromatic rings. The van der Waals surface area contributed by atoms with Gasteiger partial charge in [-0.1, -0.05) is 0 Å². The molecule has 2 aromatic heterocycles. The Morgan fingerprint density at radius 1 is 1.58 bits per heavy atom. The Balaban J connectivity index is 2.21. The Kier molecular flexibility index (Phi) is 1.04. The third-order valence-corrected chi connectivity index (χ3v) is 3.16. The monoisotopic (exact) mass is 179 g/mol. The number of fused-ring (bicyclic) bond motifs is 1. The minimum Gasteiger partial charge on any atom is -0.320 e. The van der Waals surface area contributed by atoms with Crippen molar-refractivity contribution in [2.45, 2.75) is 18.4 Å². The van der Waals surface area contributed by atoms with E-state index in [0.717, 1.165) is 23.5 Å². The zero-order chi connectivity index (χ0) is 8.18. The summed E-state index contributed by atoms with van der Waals surface area (Å²) in [5.74, 6) is 0. The van der Waals surface area contributed by atoms with Crippen LogP contribution >= 0.6 is 11.3 Å². The highest BCUT2D eigenvalue weighted by molar-refractivity contribution is 7.15. The molecule has 1 aliphatic carbocycles. The second kappa shape index (κ2) is 1.89. The van der Waals surface area contributed by atoms with Crippen LogP contribution in [0.2, 0.25) is 0 Å². The van der Waals surface area contributed by atoms with Crippen molar-refractivity contribution in [2.24, 2.45) is 5.73 Å². The van der Waals surface area contributed by atoms with Crippen LogP contribution in [0.1, 0.15) is 18.5 Å². The highest BCUT2D eigenvalue weighted by Gasteiger charge is 2.42. The maximum absolute atomic E-state index is 6.02. The van der Waals surface area contributed by atoms with Gasteiger partial charge in [-0.15, -0.1) is 11.3 Å². The summed E-state index contributed by atoms with van der Waals surface area (Å²) < 4.78 is 2.03. The topological polar surface area (TPSA) is 43.3 Å². The molecular weight excluding hydrogens is 170 g/mol. The van der Waals surface area contributed by atoms with E-state index in [9.17, 15) is 0 Å². The number of thiazole rings is 1. The van der Waals surface area contributed by atoms with Crippen LogP contribution in [0.5, 0.6) is 0 Å². The Morgan fingerprint density at radius 2 is 2.42 bits per heavy atom. The highest BCUT2D eigenvalue weighted by atomic mass is 32.1. The minimum atomic E-state index is -0.0915. The van der Waals surface area contributed by atoms with Crippen molar-refractivity contribution in [3.05, 3.63) is 23.5 Å². The molecule has 1 saturated carbocycles. The van der Waals surface area contributed by atoms with Gasteiger partial charge in [0, 0.05) is 17.8 Å². The van der Waals surface area contributed by atoms with Gasteiger partial charge in [0.2, 0.25) is 0 Å². The van der Waals surface area contributed by atoms with Gasteiger partial charge in [-0.3, -0.25) is 4.40 Å². The van der Waals surface area contributed by atoms with Crippen LogP contribution in [0.3, 0.4) is 0 Å². The summed E-state index contributed by atoms with van der Waals surface area (Å²) >= 11 is 1.65. The van der Waals surface area contributed by atoms with E-state index < -0.39 is 0 Å². The van der Waals surface area contributed by atoms with Crippen molar-refractivity contribution in [1.29, 1.82) is 0 Å². The standard InChI is InChI=1S/C8H9N3S/c9-8(1-2-8)6-5-11-3-4-12-7(11)10-6/h3-5H,1-2,9H2. The predicted octanol–water partition coefficient (Wildman–Crippen LogP) is 1.34. The quantitative estimate of drug-likeness (QED) is 0.718. The van der Waals surface area contributed by atoms with Gasteiger partial charge in [0.05, 0.1) is 11.2 Å². The van der Waals surface area contributed by atoms with Gasteiger partial charge in [0.25, 0.3) is 0 Å². The van der Waals surface area contributed by atoms with Crippen LogP contribution in [0.25, 0.3) is 4.96 Å². The summed E-state index contributed by atoms with van der Waals surface area (Å²) in [6, 6.07) is 0. The SMILES string of the molecule is NC1(c2cn3ccsc3n2)CC1. The molecule has 1 fully saturated rings. The maximum atomic E-state index is 6.02. The van der Waals surface area contributed by atoms with E-state index in [1.165, 1.54) is 0 Å². The summed E-state index contributed by atoms with van der Waals surface area (Å²) in [4.78, 5) is 5.51. The molecule has 0 bridgehead atoms. The second-order valence-electron chi connectivity index (χ2n) is 3.38. The average Bonchev–Trinajstić information content (AvgIpc) is 2.50. The van der Waals surface area contributed by atoms with Gasteiger partial charge >= 0.3 is 0 Å².